The zero-order valence-corrected chi connectivity index (χ0v) is 11.2. The number of ketones is 1. The highest BCUT2D eigenvalue weighted by molar-refractivity contribution is 7.10. The molecule has 0 bridgehead atoms. The molecule has 2 heterocycles. The Kier molecular flexibility index (Phi) is 3.12. The van der Waals surface area contributed by atoms with Gasteiger partial charge < -0.3 is 0 Å². The SMILES string of the molecule is O=C(Cc1cccs1)C1CCCc2sccc21. The van der Waals surface area contributed by atoms with Gasteiger partial charge in [0.05, 0.1) is 0 Å². The van der Waals surface area contributed by atoms with Crippen LogP contribution < -0.4 is 0 Å². The molecule has 1 nitrogen and oxygen atoms in total. The topological polar surface area (TPSA) is 17.1 Å². The highest BCUT2D eigenvalue weighted by Gasteiger charge is 2.27. The average Bonchev–Trinajstić information content (AvgIpc) is 2.97. The lowest BCUT2D eigenvalue weighted by Gasteiger charge is -2.21. The molecule has 17 heavy (non-hydrogen) atoms. The second-order valence-corrected chi connectivity index (χ2v) is 6.50. The summed E-state index contributed by atoms with van der Waals surface area (Å²) in [7, 11) is 0. The van der Waals surface area contributed by atoms with E-state index in [0.29, 0.717) is 12.2 Å². The smallest absolute Gasteiger partial charge is 0.145 e. The average molecular weight is 262 g/mol. The predicted molar refractivity (Wildman–Crippen MR) is 73.0 cm³/mol. The Morgan fingerprint density at radius 1 is 1.29 bits per heavy atom. The van der Waals surface area contributed by atoms with Crippen molar-refractivity contribution in [3.05, 3.63) is 44.3 Å². The minimum Gasteiger partial charge on any atom is -0.299 e. The molecular formula is C14H14OS2. The third-order valence-electron chi connectivity index (χ3n) is 3.37. The molecule has 0 aliphatic heterocycles. The van der Waals surface area contributed by atoms with E-state index in [1.807, 2.05) is 11.4 Å². The maximum Gasteiger partial charge on any atom is 0.145 e. The summed E-state index contributed by atoms with van der Waals surface area (Å²) >= 11 is 3.49. The van der Waals surface area contributed by atoms with Crippen molar-refractivity contribution in [3.8, 4) is 0 Å². The number of carbonyl (C=O) groups is 1. The van der Waals surface area contributed by atoms with E-state index in [1.54, 1.807) is 22.7 Å². The molecule has 2 aromatic rings. The Labute approximate surface area is 109 Å². The molecule has 1 aliphatic rings. The number of fused-ring (bicyclic) bond motifs is 1. The second kappa shape index (κ2) is 4.75. The van der Waals surface area contributed by atoms with Crippen LogP contribution in [0.3, 0.4) is 0 Å². The molecular weight excluding hydrogens is 248 g/mol. The van der Waals surface area contributed by atoms with E-state index in [0.717, 1.165) is 19.3 Å². The Morgan fingerprint density at radius 3 is 3.06 bits per heavy atom. The highest BCUT2D eigenvalue weighted by Crippen LogP contribution is 2.36. The first kappa shape index (κ1) is 11.2. The van der Waals surface area contributed by atoms with Crippen molar-refractivity contribution in [2.24, 2.45) is 0 Å². The molecule has 0 saturated carbocycles. The summed E-state index contributed by atoms with van der Waals surface area (Å²) < 4.78 is 0. The Hall–Kier alpha value is -0.930. The van der Waals surface area contributed by atoms with Gasteiger partial charge in [0.15, 0.2) is 0 Å². The number of Topliss-reactive ketones (excluding diaryl/α,β-unsaturated/α-hetero) is 1. The quantitative estimate of drug-likeness (QED) is 0.816. The van der Waals surface area contributed by atoms with Crippen LogP contribution in [0.5, 0.6) is 0 Å². The summed E-state index contributed by atoms with van der Waals surface area (Å²) in [6.45, 7) is 0. The number of aryl methyl sites for hydroxylation is 1. The van der Waals surface area contributed by atoms with Crippen molar-refractivity contribution in [1.82, 2.24) is 0 Å². The summed E-state index contributed by atoms with van der Waals surface area (Å²) in [6.07, 6.45) is 3.97. The van der Waals surface area contributed by atoms with Gasteiger partial charge in [0.25, 0.3) is 0 Å². The summed E-state index contributed by atoms with van der Waals surface area (Å²) in [5.41, 5.74) is 1.31. The van der Waals surface area contributed by atoms with Gasteiger partial charge in [-0.3, -0.25) is 4.79 Å². The highest BCUT2D eigenvalue weighted by atomic mass is 32.1. The molecule has 0 saturated heterocycles. The van der Waals surface area contributed by atoms with Gasteiger partial charge in [0, 0.05) is 22.1 Å². The van der Waals surface area contributed by atoms with Crippen LogP contribution in [0.2, 0.25) is 0 Å². The van der Waals surface area contributed by atoms with Crippen LogP contribution in [0.4, 0.5) is 0 Å². The van der Waals surface area contributed by atoms with Crippen molar-refractivity contribution in [1.29, 1.82) is 0 Å². The summed E-state index contributed by atoms with van der Waals surface area (Å²) in [5.74, 6) is 0.555. The fourth-order valence-electron chi connectivity index (χ4n) is 2.53. The molecule has 0 aromatic carbocycles. The number of hydrogen-bond acceptors (Lipinski definition) is 3. The normalized spacial score (nSPS) is 18.9. The van der Waals surface area contributed by atoms with Gasteiger partial charge in [-0.15, -0.1) is 22.7 Å². The third kappa shape index (κ3) is 2.22. The van der Waals surface area contributed by atoms with Crippen molar-refractivity contribution in [3.63, 3.8) is 0 Å². The summed E-state index contributed by atoms with van der Waals surface area (Å²) in [6, 6.07) is 6.22. The first-order valence-electron chi connectivity index (χ1n) is 5.96. The van der Waals surface area contributed by atoms with Crippen LogP contribution in [0.1, 0.15) is 34.1 Å². The fourth-order valence-corrected chi connectivity index (χ4v) is 4.23. The van der Waals surface area contributed by atoms with Gasteiger partial charge in [-0.2, -0.15) is 0 Å². The van der Waals surface area contributed by atoms with E-state index < -0.39 is 0 Å². The molecule has 0 radical (unpaired) electrons. The van der Waals surface area contributed by atoms with E-state index in [1.165, 1.54) is 15.3 Å². The minimum absolute atomic E-state index is 0.159. The fraction of sp³-hybridized carbons (Fsp3) is 0.357. The van der Waals surface area contributed by atoms with Crippen LogP contribution in [0.15, 0.2) is 29.0 Å². The van der Waals surface area contributed by atoms with E-state index >= 15 is 0 Å². The minimum atomic E-state index is 0.159. The zero-order valence-electron chi connectivity index (χ0n) is 9.52. The third-order valence-corrected chi connectivity index (χ3v) is 5.24. The molecule has 3 heteroatoms. The lowest BCUT2D eigenvalue weighted by atomic mass is 9.83. The molecule has 0 spiro atoms. The lowest BCUT2D eigenvalue weighted by Crippen LogP contribution is -2.18. The molecule has 3 rings (SSSR count). The number of carbonyl (C=O) groups excluding carboxylic acids is 1. The number of thiophene rings is 2. The Balaban J connectivity index is 1.80. The van der Waals surface area contributed by atoms with Crippen molar-refractivity contribution >= 4 is 28.5 Å². The van der Waals surface area contributed by atoms with E-state index in [2.05, 4.69) is 17.5 Å². The Morgan fingerprint density at radius 2 is 2.24 bits per heavy atom. The van der Waals surface area contributed by atoms with Crippen LogP contribution in [-0.2, 0) is 17.6 Å². The standard InChI is InChI=1S/C14H14OS2/c15-13(9-10-3-2-7-16-10)11-4-1-5-14-12(11)6-8-17-14/h2-3,6-8,11H,1,4-5,9H2. The van der Waals surface area contributed by atoms with Gasteiger partial charge in [-0.1, -0.05) is 6.07 Å². The van der Waals surface area contributed by atoms with Crippen LogP contribution in [0, 0.1) is 0 Å². The molecule has 88 valence electrons. The molecule has 0 N–H and O–H groups in total. The van der Waals surface area contributed by atoms with Crippen molar-refractivity contribution < 1.29 is 4.79 Å². The monoisotopic (exact) mass is 262 g/mol. The number of rotatable bonds is 3. The van der Waals surface area contributed by atoms with Gasteiger partial charge in [-0.05, 0) is 47.7 Å². The largest absolute Gasteiger partial charge is 0.299 e. The van der Waals surface area contributed by atoms with E-state index in [4.69, 9.17) is 0 Å². The molecule has 1 unspecified atom stereocenters. The summed E-state index contributed by atoms with van der Waals surface area (Å²) in [5, 5.41) is 4.17. The predicted octanol–water partition coefficient (Wildman–Crippen LogP) is 4.04. The zero-order chi connectivity index (χ0) is 11.7. The molecule has 0 amide bonds. The van der Waals surface area contributed by atoms with E-state index in [-0.39, 0.29) is 5.92 Å². The van der Waals surface area contributed by atoms with Gasteiger partial charge in [-0.25, -0.2) is 0 Å². The maximum absolute atomic E-state index is 12.3. The van der Waals surface area contributed by atoms with Crippen molar-refractivity contribution in [2.45, 2.75) is 31.6 Å². The van der Waals surface area contributed by atoms with Crippen molar-refractivity contribution in [2.75, 3.05) is 0 Å². The maximum atomic E-state index is 12.3. The van der Waals surface area contributed by atoms with E-state index in [9.17, 15) is 4.79 Å². The van der Waals surface area contributed by atoms with Crippen LogP contribution in [-0.4, -0.2) is 5.78 Å². The lowest BCUT2D eigenvalue weighted by molar-refractivity contribution is -0.120. The molecule has 0 fully saturated rings. The first-order chi connectivity index (χ1) is 8.34. The first-order valence-corrected chi connectivity index (χ1v) is 7.72. The van der Waals surface area contributed by atoms with Gasteiger partial charge >= 0.3 is 0 Å². The van der Waals surface area contributed by atoms with Crippen LogP contribution >= 0.6 is 22.7 Å². The second-order valence-electron chi connectivity index (χ2n) is 4.47. The van der Waals surface area contributed by atoms with Crippen LogP contribution in [0.25, 0.3) is 0 Å². The summed E-state index contributed by atoms with van der Waals surface area (Å²) in [4.78, 5) is 15.0. The number of hydrogen-bond donors (Lipinski definition) is 0. The van der Waals surface area contributed by atoms with Gasteiger partial charge in [0.1, 0.15) is 5.78 Å². The molecule has 1 atom stereocenters. The Bertz CT molecular complexity index is 510. The molecule has 2 aromatic heterocycles. The van der Waals surface area contributed by atoms with Gasteiger partial charge in [0.2, 0.25) is 0 Å². The molecule has 1 aliphatic carbocycles.